The number of aryl methyl sites for hydroxylation is 1. The maximum Gasteiger partial charge on any atom is 0.267 e. The normalized spacial score (nSPS) is 10.7. The number of aromatic amines is 1. The van der Waals surface area contributed by atoms with Crippen LogP contribution in [0.2, 0.25) is 0 Å². The highest BCUT2D eigenvalue weighted by molar-refractivity contribution is 5.97. The second kappa shape index (κ2) is 6.57. The Morgan fingerprint density at radius 3 is 2.78 bits per heavy atom. The maximum absolute atomic E-state index is 12.3. The van der Waals surface area contributed by atoms with E-state index in [1.165, 1.54) is 5.56 Å². The van der Waals surface area contributed by atoms with Gasteiger partial charge in [0.05, 0.1) is 7.11 Å². The predicted octanol–water partition coefficient (Wildman–Crippen LogP) is 3.46. The Morgan fingerprint density at radius 1 is 1.17 bits per heavy atom. The Hall–Kier alpha value is -2.75. The van der Waals surface area contributed by atoms with Gasteiger partial charge in [0.15, 0.2) is 0 Å². The minimum atomic E-state index is -0.0900. The van der Waals surface area contributed by atoms with Gasteiger partial charge in [0.1, 0.15) is 11.4 Å². The van der Waals surface area contributed by atoms with Crippen molar-refractivity contribution in [3.63, 3.8) is 0 Å². The van der Waals surface area contributed by atoms with Gasteiger partial charge in [0.2, 0.25) is 0 Å². The molecule has 0 aliphatic heterocycles. The van der Waals surface area contributed by atoms with Crippen molar-refractivity contribution in [3.8, 4) is 5.75 Å². The lowest BCUT2D eigenvalue weighted by Gasteiger charge is -2.10. The molecule has 1 aromatic heterocycles. The van der Waals surface area contributed by atoms with Crippen molar-refractivity contribution in [2.24, 2.45) is 0 Å². The third-order valence-corrected chi connectivity index (χ3v) is 3.89. The van der Waals surface area contributed by atoms with Gasteiger partial charge < -0.3 is 15.0 Å². The smallest absolute Gasteiger partial charge is 0.267 e. The number of benzene rings is 2. The van der Waals surface area contributed by atoms with E-state index in [0.717, 1.165) is 28.6 Å². The third kappa shape index (κ3) is 3.37. The van der Waals surface area contributed by atoms with E-state index < -0.39 is 0 Å². The molecule has 2 N–H and O–H groups in total. The van der Waals surface area contributed by atoms with Gasteiger partial charge in [0, 0.05) is 17.4 Å². The largest absolute Gasteiger partial charge is 0.496 e. The number of fused-ring (bicyclic) bond motifs is 1. The van der Waals surface area contributed by atoms with E-state index in [1.807, 2.05) is 49.4 Å². The van der Waals surface area contributed by atoms with Gasteiger partial charge in [-0.2, -0.15) is 0 Å². The van der Waals surface area contributed by atoms with Crippen LogP contribution in [0, 0.1) is 6.92 Å². The topological polar surface area (TPSA) is 54.1 Å². The standard InChI is InChI=1S/C19H20N2O2/c1-13-7-8-18(23-2)15(11-13)9-10-20-19(22)17-12-14-5-3-4-6-16(14)21-17/h3-8,11-12,21H,9-10H2,1-2H3,(H,20,22). The number of rotatable bonds is 5. The van der Waals surface area contributed by atoms with Crippen molar-refractivity contribution in [2.75, 3.05) is 13.7 Å². The first-order valence-electron chi connectivity index (χ1n) is 7.67. The summed E-state index contributed by atoms with van der Waals surface area (Å²) in [5.74, 6) is 0.767. The lowest BCUT2D eigenvalue weighted by atomic mass is 10.1. The molecule has 4 nitrogen and oxygen atoms in total. The second-order valence-electron chi connectivity index (χ2n) is 5.59. The number of carbonyl (C=O) groups excluding carboxylic acids is 1. The number of hydrogen-bond donors (Lipinski definition) is 2. The van der Waals surface area contributed by atoms with Gasteiger partial charge in [-0.15, -0.1) is 0 Å². The molecule has 4 heteroatoms. The molecule has 0 spiro atoms. The van der Waals surface area contributed by atoms with Gasteiger partial charge in [0.25, 0.3) is 5.91 Å². The fourth-order valence-electron chi connectivity index (χ4n) is 2.70. The molecule has 3 aromatic rings. The second-order valence-corrected chi connectivity index (χ2v) is 5.59. The number of hydrogen-bond acceptors (Lipinski definition) is 2. The Bertz CT molecular complexity index is 803. The molecule has 0 aliphatic carbocycles. The molecule has 1 heterocycles. The zero-order chi connectivity index (χ0) is 16.2. The molecule has 0 saturated heterocycles. The average Bonchev–Trinajstić information content (AvgIpc) is 2.99. The first-order valence-corrected chi connectivity index (χ1v) is 7.67. The minimum Gasteiger partial charge on any atom is -0.496 e. The van der Waals surface area contributed by atoms with Crippen molar-refractivity contribution in [3.05, 3.63) is 65.4 Å². The van der Waals surface area contributed by atoms with Crippen molar-refractivity contribution >= 4 is 16.8 Å². The van der Waals surface area contributed by atoms with Crippen molar-refractivity contribution in [1.82, 2.24) is 10.3 Å². The predicted molar refractivity (Wildman–Crippen MR) is 92.1 cm³/mol. The zero-order valence-corrected chi connectivity index (χ0v) is 13.3. The number of ether oxygens (including phenoxy) is 1. The molecule has 2 aromatic carbocycles. The van der Waals surface area contributed by atoms with E-state index in [4.69, 9.17) is 4.74 Å². The van der Waals surface area contributed by atoms with Gasteiger partial charge in [-0.25, -0.2) is 0 Å². The van der Waals surface area contributed by atoms with Gasteiger partial charge in [-0.05, 0) is 37.1 Å². The van der Waals surface area contributed by atoms with Crippen LogP contribution in [-0.4, -0.2) is 24.5 Å². The molecule has 118 valence electrons. The Balaban J connectivity index is 1.64. The molecule has 0 atom stereocenters. The SMILES string of the molecule is COc1ccc(C)cc1CCNC(=O)c1cc2ccccc2[nH]1. The Labute approximate surface area is 135 Å². The van der Waals surface area contributed by atoms with E-state index in [2.05, 4.69) is 16.4 Å². The van der Waals surface area contributed by atoms with Crippen LogP contribution in [0.25, 0.3) is 10.9 Å². The first-order chi connectivity index (χ1) is 11.2. The molecular weight excluding hydrogens is 288 g/mol. The summed E-state index contributed by atoms with van der Waals surface area (Å²) in [5, 5.41) is 3.99. The van der Waals surface area contributed by atoms with Crippen molar-refractivity contribution < 1.29 is 9.53 Å². The lowest BCUT2D eigenvalue weighted by molar-refractivity contribution is 0.0950. The van der Waals surface area contributed by atoms with E-state index >= 15 is 0 Å². The average molecular weight is 308 g/mol. The summed E-state index contributed by atoms with van der Waals surface area (Å²) in [7, 11) is 1.66. The van der Waals surface area contributed by atoms with Crippen LogP contribution >= 0.6 is 0 Å². The number of carbonyl (C=O) groups is 1. The number of para-hydroxylation sites is 1. The number of aromatic nitrogens is 1. The fraction of sp³-hybridized carbons (Fsp3) is 0.211. The summed E-state index contributed by atoms with van der Waals surface area (Å²) < 4.78 is 5.36. The van der Waals surface area contributed by atoms with Crippen LogP contribution in [0.3, 0.4) is 0 Å². The highest BCUT2D eigenvalue weighted by Gasteiger charge is 2.09. The Kier molecular flexibility index (Phi) is 4.33. The summed E-state index contributed by atoms with van der Waals surface area (Å²) >= 11 is 0. The number of methoxy groups -OCH3 is 1. The quantitative estimate of drug-likeness (QED) is 0.758. The molecule has 23 heavy (non-hydrogen) atoms. The summed E-state index contributed by atoms with van der Waals surface area (Å²) in [4.78, 5) is 15.4. The van der Waals surface area contributed by atoms with Crippen LogP contribution in [0.15, 0.2) is 48.5 Å². The van der Waals surface area contributed by atoms with Crippen molar-refractivity contribution in [2.45, 2.75) is 13.3 Å². The summed E-state index contributed by atoms with van der Waals surface area (Å²) in [6, 6.07) is 15.8. The highest BCUT2D eigenvalue weighted by atomic mass is 16.5. The van der Waals surface area contributed by atoms with Crippen molar-refractivity contribution in [1.29, 1.82) is 0 Å². The van der Waals surface area contributed by atoms with Crippen LogP contribution < -0.4 is 10.1 Å². The van der Waals surface area contributed by atoms with E-state index in [1.54, 1.807) is 7.11 Å². The number of H-pyrrole nitrogens is 1. The molecular formula is C19H20N2O2. The molecule has 0 fully saturated rings. The summed E-state index contributed by atoms with van der Waals surface area (Å²) in [5.41, 5.74) is 3.84. The van der Waals surface area contributed by atoms with Gasteiger partial charge in [-0.1, -0.05) is 35.9 Å². The van der Waals surface area contributed by atoms with E-state index in [9.17, 15) is 4.79 Å². The van der Waals surface area contributed by atoms with Crippen LogP contribution in [0.1, 0.15) is 21.6 Å². The monoisotopic (exact) mass is 308 g/mol. The zero-order valence-electron chi connectivity index (χ0n) is 13.3. The first kappa shape index (κ1) is 15.2. The molecule has 0 radical (unpaired) electrons. The fourth-order valence-corrected chi connectivity index (χ4v) is 2.70. The molecule has 3 rings (SSSR count). The lowest BCUT2D eigenvalue weighted by Crippen LogP contribution is -2.26. The van der Waals surface area contributed by atoms with Gasteiger partial charge >= 0.3 is 0 Å². The molecule has 0 bridgehead atoms. The van der Waals surface area contributed by atoms with Crippen LogP contribution in [-0.2, 0) is 6.42 Å². The Morgan fingerprint density at radius 2 is 2.00 bits per heavy atom. The minimum absolute atomic E-state index is 0.0900. The van der Waals surface area contributed by atoms with E-state index in [-0.39, 0.29) is 5.91 Å². The van der Waals surface area contributed by atoms with Gasteiger partial charge in [-0.3, -0.25) is 4.79 Å². The third-order valence-electron chi connectivity index (χ3n) is 3.89. The maximum atomic E-state index is 12.3. The number of amides is 1. The summed E-state index contributed by atoms with van der Waals surface area (Å²) in [6.07, 6.45) is 0.733. The highest BCUT2D eigenvalue weighted by Crippen LogP contribution is 2.20. The van der Waals surface area contributed by atoms with Crippen LogP contribution in [0.5, 0.6) is 5.75 Å². The molecule has 0 saturated carbocycles. The molecule has 1 amide bonds. The molecule has 0 aliphatic rings. The molecule has 0 unspecified atom stereocenters. The van der Waals surface area contributed by atoms with E-state index in [0.29, 0.717) is 12.2 Å². The van der Waals surface area contributed by atoms with Crippen LogP contribution in [0.4, 0.5) is 0 Å². The summed E-state index contributed by atoms with van der Waals surface area (Å²) in [6.45, 7) is 2.61. The number of nitrogens with one attached hydrogen (secondary N) is 2.